The molecule has 0 aliphatic heterocycles. The molecular formula is C20H20ClNNaO2+. The summed E-state index contributed by atoms with van der Waals surface area (Å²) in [7, 11) is 0. The molecule has 0 aliphatic rings. The second kappa shape index (κ2) is 8.41. The third-order valence-electron chi connectivity index (χ3n) is 4.36. The third-order valence-corrected chi connectivity index (χ3v) is 4.61. The van der Waals surface area contributed by atoms with Crippen LogP contribution in [0, 0.1) is 6.92 Å². The molecule has 0 spiro atoms. The number of fused-ring (bicyclic) bond motifs is 1. The molecule has 1 aromatic heterocycles. The van der Waals surface area contributed by atoms with E-state index in [1.807, 2.05) is 31.2 Å². The molecule has 0 aliphatic carbocycles. The summed E-state index contributed by atoms with van der Waals surface area (Å²) in [5.74, 6) is -0.795. The summed E-state index contributed by atoms with van der Waals surface area (Å²) in [6.07, 6.45) is 0.848. The van der Waals surface area contributed by atoms with Gasteiger partial charge in [-0.2, -0.15) is 0 Å². The molecule has 1 N–H and O–H groups in total. The van der Waals surface area contributed by atoms with Crippen molar-refractivity contribution < 1.29 is 39.5 Å². The second-order valence-electron chi connectivity index (χ2n) is 6.08. The van der Waals surface area contributed by atoms with Gasteiger partial charge in [0.2, 0.25) is 0 Å². The number of carboxylic acids is 1. The van der Waals surface area contributed by atoms with Crippen molar-refractivity contribution in [2.24, 2.45) is 0 Å². The maximum Gasteiger partial charge on any atom is 1.00 e. The number of carboxylic acid groups (broad SMARTS) is 1. The van der Waals surface area contributed by atoms with E-state index >= 15 is 0 Å². The van der Waals surface area contributed by atoms with Crippen LogP contribution in [0.25, 0.3) is 10.9 Å². The van der Waals surface area contributed by atoms with Gasteiger partial charge in [-0.15, -0.1) is 0 Å². The van der Waals surface area contributed by atoms with Crippen LogP contribution in [0.5, 0.6) is 0 Å². The molecule has 2 aromatic carbocycles. The van der Waals surface area contributed by atoms with E-state index in [0.29, 0.717) is 11.6 Å². The first-order valence-corrected chi connectivity index (χ1v) is 8.44. The van der Waals surface area contributed by atoms with Gasteiger partial charge in [-0.05, 0) is 48.7 Å². The number of rotatable bonds is 5. The molecule has 0 fully saturated rings. The van der Waals surface area contributed by atoms with Gasteiger partial charge < -0.3 is 9.67 Å². The van der Waals surface area contributed by atoms with Crippen LogP contribution in [0.1, 0.15) is 29.3 Å². The molecule has 0 radical (unpaired) electrons. The first-order valence-electron chi connectivity index (χ1n) is 8.06. The number of hydrogen-bond donors (Lipinski definition) is 1. The standard InChI is InChI=1S/C20H20ClNO2.Na/c1-3-18-17(11-20(23)24)16-10-13(2)4-9-19(16)22(18)12-14-5-7-15(21)8-6-14;/h4-10H,3,11-12H2,1-2H3,(H,23,24);/q;+1. The van der Waals surface area contributed by atoms with Gasteiger partial charge in [0.25, 0.3) is 0 Å². The zero-order valence-electron chi connectivity index (χ0n) is 14.8. The van der Waals surface area contributed by atoms with Crippen LogP contribution in [0.4, 0.5) is 0 Å². The average molecular weight is 365 g/mol. The largest absolute Gasteiger partial charge is 1.00 e. The first-order chi connectivity index (χ1) is 11.5. The zero-order chi connectivity index (χ0) is 17.3. The van der Waals surface area contributed by atoms with Gasteiger partial charge >= 0.3 is 35.5 Å². The Morgan fingerprint density at radius 1 is 1.16 bits per heavy atom. The van der Waals surface area contributed by atoms with Crippen LogP contribution in [0.2, 0.25) is 5.02 Å². The van der Waals surface area contributed by atoms with Crippen molar-refractivity contribution in [3.05, 3.63) is 69.9 Å². The van der Waals surface area contributed by atoms with Gasteiger partial charge in [-0.3, -0.25) is 4.79 Å². The molecule has 124 valence electrons. The third kappa shape index (κ3) is 4.29. The minimum absolute atomic E-state index is 0. The van der Waals surface area contributed by atoms with Gasteiger partial charge in [0.05, 0.1) is 6.42 Å². The van der Waals surface area contributed by atoms with Crippen LogP contribution in [-0.4, -0.2) is 15.6 Å². The van der Waals surface area contributed by atoms with E-state index < -0.39 is 5.97 Å². The van der Waals surface area contributed by atoms with Crippen LogP contribution in [0.15, 0.2) is 42.5 Å². The molecule has 3 aromatic rings. The van der Waals surface area contributed by atoms with Gasteiger partial charge in [0.15, 0.2) is 0 Å². The maximum absolute atomic E-state index is 11.3. The van der Waals surface area contributed by atoms with Gasteiger partial charge in [-0.1, -0.05) is 42.3 Å². The molecule has 5 heteroatoms. The summed E-state index contributed by atoms with van der Waals surface area (Å²) in [4.78, 5) is 11.3. The summed E-state index contributed by atoms with van der Waals surface area (Å²) in [6, 6.07) is 14.0. The molecule has 3 rings (SSSR count). The number of hydrogen-bond acceptors (Lipinski definition) is 1. The summed E-state index contributed by atoms with van der Waals surface area (Å²) in [6.45, 7) is 4.82. The molecule has 0 amide bonds. The predicted octanol–water partition coefficient (Wildman–Crippen LogP) is 1.84. The fraction of sp³-hybridized carbons (Fsp3) is 0.250. The Morgan fingerprint density at radius 2 is 1.84 bits per heavy atom. The fourth-order valence-corrected chi connectivity index (χ4v) is 3.42. The van der Waals surface area contributed by atoms with Crippen molar-refractivity contribution in [1.29, 1.82) is 0 Å². The Balaban J connectivity index is 0.00000225. The summed E-state index contributed by atoms with van der Waals surface area (Å²) >= 11 is 5.98. The van der Waals surface area contributed by atoms with Crippen molar-refractivity contribution in [2.45, 2.75) is 33.2 Å². The monoisotopic (exact) mass is 364 g/mol. The van der Waals surface area contributed by atoms with E-state index in [1.165, 1.54) is 0 Å². The Morgan fingerprint density at radius 3 is 2.44 bits per heavy atom. The molecular weight excluding hydrogens is 345 g/mol. The molecule has 0 atom stereocenters. The van der Waals surface area contributed by atoms with Crippen LogP contribution < -0.4 is 29.6 Å². The zero-order valence-corrected chi connectivity index (χ0v) is 17.6. The number of aromatic nitrogens is 1. The molecule has 3 nitrogen and oxygen atoms in total. The molecule has 0 unspecified atom stereocenters. The summed E-state index contributed by atoms with van der Waals surface area (Å²) in [5.41, 5.74) is 5.39. The van der Waals surface area contributed by atoms with E-state index in [9.17, 15) is 9.90 Å². The number of aryl methyl sites for hydroxylation is 1. The van der Waals surface area contributed by atoms with Crippen molar-refractivity contribution in [2.75, 3.05) is 0 Å². The Kier molecular flexibility index (Phi) is 6.75. The average Bonchev–Trinajstić information content (AvgIpc) is 2.81. The topological polar surface area (TPSA) is 42.2 Å². The number of nitrogens with zero attached hydrogens (tertiary/aromatic N) is 1. The predicted molar refractivity (Wildman–Crippen MR) is 97.9 cm³/mol. The normalized spacial score (nSPS) is 10.7. The van der Waals surface area contributed by atoms with Crippen molar-refractivity contribution in [3.63, 3.8) is 0 Å². The number of halogens is 1. The van der Waals surface area contributed by atoms with Gasteiger partial charge in [0.1, 0.15) is 0 Å². The van der Waals surface area contributed by atoms with Crippen LogP contribution in [0.3, 0.4) is 0 Å². The van der Waals surface area contributed by atoms with Crippen molar-refractivity contribution in [1.82, 2.24) is 4.57 Å². The smallest absolute Gasteiger partial charge is 0.481 e. The van der Waals surface area contributed by atoms with Crippen molar-refractivity contribution in [3.8, 4) is 0 Å². The first kappa shape index (κ1) is 20.1. The number of carbonyl (C=O) groups is 1. The second-order valence-corrected chi connectivity index (χ2v) is 6.52. The molecule has 0 saturated carbocycles. The Bertz CT molecular complexity index is 900. The van der Waals surface area contributed by atoms with E-state index in [2.05, 4.69) is 29.7 Å². The fourth-order valence-electron chi connectivity index (χ4n) is 3.30. The van der Waals surface area contributed by atoms with Crippen LogP contribution >= 0.6 is 11.6 Å². The maximum atomic E-state index is 11.3. The molecule has 25 heavy (non-hydrogen) atoms. The van der Waals surface area contributed by atoms with Crippen molar-refractivity contribution >= 4 is 28.5 Å². The summed E-state index contributed by atoms with van der Waals surface area (Å²) < 4.78 is 2.23. The summed E-state index contributed by atoms with van der Waals surface area (Å²) in [5, 5.41) is 11.1. The quantitative estimate of drug-likeness (QED) is 0.702. The molecule has 1 heterocycles. The van der Waals surface area contributed by atoms with E-state index in [0.717, 1.165) is 39.7 Å². The van der Waals surface area contributed by atoms with E-state index in [-0.39, 0.29) is 36.0 Å². The molecule has 0 bridgehead atoms. The molecule has 0 saturated heterocycles. The Labute approximate surface area is 174 Å². The Hall–Kier alpha value is -1.26. The van der Waals surface area contributed by atoms with E-state index in [4.69, 9.17) is 11.6 Å². The van der Waals surface area contributed by atoms with E-state index in [1.54, 1.807) is 0 Å². The van der Waals surface area contributed by atoms with Gasteiger partial charge in [0, 0.05) is 28.2 Å². The SMILES string of the molecule is CCc1c(CC(=O)O)c2cc(C)ccc2n1Cc1ccc(Cl)cc1.[Na+]. The number of aliphatic carboxylic acids is 1. The van der Waals surface area contributed by atoms with Gasteiger partial charge in [-0.25, -0.2) is 0 Å². The minimum Gasteiger partial charge on any atom is -0.481 e. The number of benzene rings is 2. The minimum atomic E-state index is -0.795. The van der Waals surface area contributed by atoms with Crippen LogP contribution in [-0.2, 0) is 24.2 Å².